The summed E-state index contributed by atoms with van der Waals surface area (Å²) in [5, 5.41) is 7.07. The van der Waals surface area contributed by atoms with Gasteiger partial charge in [-0.05, 0) is 48.9 Å². The molecule has 0 aliphatic carbocycles. The Hall–Kier alpha value is -3.18. The molecule has 1 atom stereocenters. The highest BCUT2D eigenvalue weighted by Crippen LogP contribution is 2.32. The number of nitrogens with zero attached hydrogens (tertiary/aromatic N) is 2. The molecule has 0 aliphatic heterocycles. The molecular formula is C23H19ClFN5S. The average molecular weight is 452 g/mol. The normalized spacial score (nSPS) is 11.6. The summed E-state index contributed by atoms with van der Waals surface area (Å²) in [6, 6.07) is 13.8. The predicted molar refractivity (Wildman–Crippen MR) is 126 cm³/mol. The number of halogens is 2. The van der Waals surface area contributed by atoms with Crippen molar-refractivity contribution in [3.05, 3.63) is 76.1 Å². The molecule has 4 aromatic rings. The van der Waals surface area contributed by atoms with E-state index in [0.29, 0.717) is 17.4 Å². The molecule has 5 nitrogen and oxygen atoms in total. The van der Waals surface area contributed by atoms with Crippen LogP contribution in [-0.2, 0) is 6.54 Å². The monoisotopic (exact) mass is 451 g/mol. The molecule has 0 unspecified atom stereocenters. The molecule has 4 rings (SSSR count). The van der Waals surface area contributed by atoms with E-state index in [1.807, 2.05) is 37.3 Å². The van der Waals surface area contributed by atoms with Gasteiger partial charge in [0, 0.05) is 12.2 Å². The van der Waals surface area contributed by atoms with E-state index in [0.717, 1.165) is 32.0 Å². The molecular weight excluding hydrogens is 433 g/mol. The lowest BCUT2D eigenvalue weighted by Crippen LogP contribution is -2.10. The minimum atomic E-state index is -0.263. The number of aromatic nitrogens is 2. The molecule has 2 aromatic carbocycles. The van der Waals surface area contributed by atoms with E-state index in [4.69, 9.17) is 17.3 Å². The molecule has 0 amide bonds. The van der Waals surface area contributed by atoms with Crippen LogP contribution in [0.15, 0.2) is 54.9 Å². The summed E-state index contributed by atoms with van der Waals surface area (Å²) >= 11 is 7.96. The fraction of sp³-hybridized carbons (Fsp3) is 0.130. The molecule has 0 aliphatic rings. The predicted octanol–water partition coefficient (Wildman–Crippen LogP) is 5.54. The van der Waals surface area contributed by atoms with Crippen molar-refractivity contribution in [1.82, 2.24) is 9.97 Å². The van der Waals surface area contributed by atoms with E-state index in [-0.39, 0.29) is 11.9 Å². The first-order valence-electron chi connectivity index (χ1n) is 9.54. The van der Waals surface area contributed by atoms with Crippen molar-refractivity contribution in [2.24, 2.45) is 5.73 Å². The third-order valence-corrected chi connectivity index (χ3v) is 5.70. The van der Waals surface area contributed by atoms with Crippen LogP contribution < -0.4 is 16.4 Å². The highest BCUT2D eigenvalue weighted by molar-refractivity contribution is 7.20. The Kier molecular flexibility index (Phi) is 6.33. The molecule has 8 heteroatoms. The highest BCUT2D eigenvalue weighted by Gasteiger charge is 2.10. The van der Waals surface area contributed by atoms with Crippen molar-refractivity contribution in [3.63, 3.8) is 0 Å². The van der Waals surface area contributed by atoms with E-state index < -0.39 is 0 Å². The topological polar surface area (TPSA) is 75.9 Å². The lowest BCUT2D eigenvalue weighted by Gasteiger charge is -2.11. The lowest BCUT2D eigenvalue weighted by atomic mass is 10.2. The van der Waals surface area contributed by atoms with Gasteiger partial charge in [-0.3, -0.25) is 0 Å². The summed E-state index contributed by atoms with van der Waals surface area (Å²) in [6.45, 7) is 2.31. The van der Waals surface area contributed by atoms with Crippen LogP contribution >= 0.6 is 22.9 Å². The Morgan fingerprint density at radius 1 is 1.19 bits per heavy atom. The van der Waals surface area contributed by atoms with Crippen LogP contribution in [0, 0.1) is 17.7 Å². The van der Waals surface area contributed by atoms with Gasteiger partial charge in [0.05, 0.1) is 31.8 Å². The van der Waals surface area contributed by atoms with Crippen LogP contribution in [-0.4, -0.2) is 16.0 Å². The van der Waals surface area contributed by atoms with Crippen molar-refractivity contribution in [2.75, 3.05) is 10.6 Å². The number of anilines is 3. The van der Waals surface area contributed by atoms with Crippen molar-refractivity contribution in [3.8, 4) is 11.8 Å². The largest absolute Gasteiger partial charge is 0.380 e. The second-order valence-electron chi connectivity index (χ2n) is 6.91. The van der Waals surface area contributed by atoms with Crippen LogP contribution in [0.5, 0.6) is 0 Å². The molecule has 2 aromatic heterocycles. The number of thiophene rings is 1. The summed E-state index contributed by atoms with van der Waals surface area (Å²) in [7, 11) is 0. The zero-order valence-electron chi connectivity index (χ0n) is 16.6. The maximum atomic E-state index is 13.3. The van der Waals surface area contributed by atoms with Gasteiger partial charge in [-0.25, -0.2) is 14.4 Å². The second kappa shape index (κ2) is 9.31. The van der Waals surface area contributed by atoms with Crippen molar-refractivity contribution < 1.29 is 4.39 Å². The molecule has 2 heterocycles. The van der Waals surface area contributed by atoms with E-state index in [9.17, 15) is 4.39 Å². The minimum absolute atomic E-state index is 0.191. The first-order valence-corrected chi connectivity index (χ1v) is 10.7. The Morgan fingerprint density at radius 2 is 2.06 bits per heavy atom. The van der Waals surface area contributed by atoms with E-state index in [1.54, 1.807) is 6.07 Å². The molecule has 0 radical (unpaired) electrons. The van der Waals surface area contributed by atoms with E-state index >= 15 is 0 Å². The van der Waals surface area contributed by atoms with Crippen molar-refractivity contribution >= 4 is 50.3 Å². The zero-order valence-corrected chi connectivity index (χ0v) is 18.2. The Morgan fingerprint density at radius 3 is 2.84 bits per heavy atom. The number of benzene rings is 2. The van der Waals surface area contributed by atoms with Gasteiger partial charge in [-0.2, -0.15) is 0 Å². The minimum Gasteiger partial charge on any atom is -0.380 e. The summed E-state index contributed by atoms with van der Waals surface area (Å²) in [6.07, 6.45) is 1.51. The van der Waals surface area contributed by atoms with Gasteiger partial charge in [-0.15, -0.1) is 11.3 Å². The van der Waals surface area contributed by atoms with Gasteiger partial charge >= 0.3 is 0 Å². The third kappa shape index (κ3) is 5.30. The smallest absolute Gasteiger partial charge is 0.151 e. The van der Waals surface area contributed by atoms with Crippen LogP contribution in [0.4, 0.5) is 21.6 Å². The van der Waals surface area contributed by atoms with Gasteiger partial charge in [0.2, 0.25) is 0 Å². The number of nitrogens with two attached hydrogens (primary N) is 1. The summed E-state index contributed by atoms with van der Waals surface area (Å²) in [4.78, 5) is 9.57. The molecule has 0 spiro atoms. The van der Waals surface area contributed by atoms with Crippen LogP contribution in [0.3, 0.4) is 0 Å². The first-order chi connectivity index (χ1) is 15.0. The number of nitrogens with one attached hydrogen (secondary N) is 2. The number of rotatable bonds is 5. The maximum Gasteiger partial charge on any atom is 0.151 e. The molecule has 156 valence electrons. The number of hydrogen-bond acceptors (Lipinski definition) is 6. The highest BCUT2D eigenvalue weighted by atomic mass is 35.5. The molecule has 31 heavy (non-hydrogen) atoms. The Labute approximate surface area is 188 Å². The third-order valence-electron chi connectivity index (χ3n) is 4.34. The van der Waals surface area contributed by atoms with Crippen LogP contribution in [0.1, 0.15) is 17.4 Å². The average Bonchev–Trinajstić information content (AvgIpc) is 3.16. The van der Waals surface area contributed by atoms with Gasteiger partial charge < -0.3 is 16.4 Å². The second-order valence-corrected chi connectivity index (χ2v) is 8.37. The molecule has 0 saturated carbocycles. The van der Waals surface area contributed by atoms with E-state index in [2.05, 4.69) is 32.4 Å². The van der Waals surface area contributed by atoms with Crippen LogP contribution in [0.25, 0.3) is 10.2 Å². The van der Waals surface area contributed by atoms with Gasteiger partial charge in [0.15, 0.2) is 5.82 Å². The maximum absolute atomic E-state index is 13.3. The van der Waals surface area contributed by atoms with Gasteiger partial charge in [-0.1, -0.05) is 35.6 Å². The summed E-state index contributed by atoms with van der Waals surface area (Å²) < 4.78 is 14.2. The fourth-order valence-electron chi connectivity index (χ4n) is 2.91. The fourth-order valence-corrected chi connectivity index (χ4v) is 4.07. The Bertz CT molecular complexity index is 1290. The summed E-state index contributed by atoms with van der Waals surface area (Å²) in [5.74, 6) is 6.44. The number of fused-ring (bicyclic) bond motifs is 1. The zero-order chi connectivity index (χ0) is 21.8. The molecule has 0 bridgehead atoms. The molecule has 0 saturated heterocycles. The number of hydrogen-bond donors (Lipinski definition) is 3. The lowest BCUT2D eigenvalue weighted by molar-refractivity contribution is 0.626. The summed E-state index contributed by atoms with van der Waals surface area (Å²) in [5.41, 5.74) is 8.91. The molecule has 4 N–H and O–H groups in total. The van der Waals surface area contributed by atoms with Gasteiger partial charge in [0.1, 0.15) is 12.1 Å². The van der Waals surface area contributed by atoms with Crippen LogP contribution in [0.2, 0.25) is 5.02 Å². The molecule has 0 fully saturated rings. The quantitative estimate of drug-likeness (QED) is 0.347. The standard InChI is InChI=1S/C23H19ClFN5S/c1-14(26)5-7-18-11-21-22(31-18)23(29-13-28-21)30-17-6-8-20(19(24)10-17)27-12-15-3-2-4-16(25)9-15/h2-4,6,8-11,13-14,27H,12,26H2,1H3,(H,28,29,30)/t14-/m1/s1. The first kappa shape index (κ1) is 21.1. The SMILES string of the molecule is C[C@@H](N)C#Cc1cc2ncnc(Nc3ccc(NCc4cccc(F)c4)c(Cl)c3)c2s1. The van der Waals surface area contributed by atoms with Crippen molar-refractivity contribution in [2.45, 2.75) is 19.5 Å². The Balaban J connectivity index is 1.51. The van der Waals surface area contributed by atoms with E-state index in [1.165, 1.54) is 29.8 Å². The van der Waals surface area contributed by atoms with Gasteiger partial charge in [0.25, 0.3) is 0 Å². The van der Waals surface area contributed by atoms with Crippen molar-refractivity contribution in [1.29, 1.82) is 0 Å².